The second-order valence-electron chi connectivity index (χ2n) is 5.09. The van der Waals surface area contributed by atoms with E-state index in [9.17, 15) is 4.79 Å². The molecule has 0 aliphatic carbocycles. The molecule has 2 aromatic carbocycles. The van der Waals surface area contributed by atoms with Gasteiger partial charge in [0.2, 0.25) is 0 Å². The number of anilines is 1. The Hall–Kier alpha value is -2.40. The zero-order valence-electron chi connectivity index (χ0n) is 12.4. The maximum absolute atomic E-state index is 11.9. The number of amides is 1. The van der Waals surface area contributed by atoms with Crippen molar-refractivity contribution in [3.8, 4) is 5.75 Å². The van der Waals surface area contributed by atoms with Crippen LogP contribution in [0.5, 0.6) is 5.75 Å². The molecule has 1 heterocycles. The lowest BCUT2D eigenvalue weighted by Gasteiger charge is -2.05. The Balaban J connectivity index is 1.63. The highest BCUT2D eigenvalue weighted by Gasteiger charge is 2.09. The average Bonchev–Trinajstić information content (AvgIpc) is 2.90. The van der Waals surface area contributed by atoms with E-state index in [0.717, 1.165) is 21.3 Å². The second kappa shape index (κ2) is 6.15. The molecule has 0 aliphatic rings. The van der Waals surface area contributed by atoms with E-state index in [4.69, 9.17) is 4.74 Å². The monoisotopic (exact) mass is 312 g/mol. The molecule has 0 aliphatic heterocycles. The molecule has 3 aromatic rings. The van der Waals surface area contributed by atoms with Gasteiger partial charge in [0.15, 0.2) is 11.7 Å². The molecule has 3 rings (SSSR count). The summed E-state index contributed by atoms with van der Waals surface area (Å²) in [7, 11) is 0. The van der Waals surface area contributed by atoms with Crippen molar-refractivity contribution in [1.29, 1.82) is 0 Å². The van der Waals surface area contributed by atoms with Crippen molar-refractivity contribution in [1.82, 2.24) is 4.98 Å². The van der Waals surface area contributed by atoms with Crippen molar-refractivity contribution in [2.75, 3.05) is 11.9 Å². The molecule has 1 aromatic heterocycles. The number of benzene rings is 2. The summed E-state index contributed by atoms with van der Waals surface area (Å²) in [6.45, 7) is 3.98. The molecule has 0 spiro atoms. The van der Waals surface area contributed by atoms with Crippen LogP contribution in [0.25, 0.3) is 10.2 Å². The number of carbonyl (C=O) groups excluding carboxylic acids is 1. The number of hydrogen-bond acceptors (Lipinski definition) is 4. The van der Waals surface area contributed by atoms with E-state index in [1.807, 2.05) is 56.3 Å². The number of hydrogen-bond donors (Lipinski definition) is 1. The van der Waals surface area contributed by atoms with Gasteiger partial charge in [-0.2, -0.15) is 0 Å². The van der Waals surface area contributed by atoms with Crippen LogP contribution in [0.4, 0.5) is 5.13 Å². The normalized spacial score (nSPS) is 10.6. The summed E-state index contributed by atoms with van der Waals surface area (Å²) < 4.78 is 6.52. The van der Waals surface area contributed by atoms with Gasteiger partial charge in [-0.1, -0.05) is 41.2 Å². The van der Waals surface area contributed by atoms with Crippen LogP contribution in [0.2, 0.25) is 0 Å². The topological polar surface area (TPSA) is 51.2 Å². The smallest absolute Gasteiger partial charge is 0.264 e. The predicted molar refractivity (Wildman–Crippen MR) is 89.7 cm³/mol. The third-order valence-corrected chi connectivity index (χ3v) is 4.19. The molecule has 1 N–H and O–H groups in total. The summed E-state index contributed by atoms with van der Waals surface area (Å²) in [6, 6.07) is 13.6. The molecule has 0 saturated carbocycles. The molecule has 22 heavy (non-hydrogen) atoms. The Morgan fingerprint density at radius 1 is 1.18 bits per heavy atom. The zero-order valence-corrected chi connectivity index (χ0v) is 13.2. The molecule has 0 atom stereocenters. The number of ether oxygens (including phenoxy) is 1. The number of fused-ring (bicyclic) bond motifs is 1. The van der Waals surface area contributed by atoms with Crippen molar-refractivity contribution in [3.05, 3.63) is 53.6 Å². The summed E-state index contributed by atoms with van der Waals surface area (Å²) in [6.07, 6.45) is 0. The standard InChI is InChI=1S/C17H16N2O2S/c1-11-6-8-13(9-7-11)21-10-15(20)18-17-19-16-12(2)4-3-5-14(16)22-17/h3-9H,10H2,1-2H3,(H,18,19,20). The van der Waals surface area contributed by atoms with Gasteiger partial charge in [0.1, 0.15) is 5.75 Å². The Labute approximate surface area is 132 Å². The fraction of sp³-hybridized carbons (Fsp3) is 0.176. The molecule has 5 heteroatoms. The number of nitrogens with one attached hydrogen (secondary N) is 1. The summed E-state index contributed by atoms with van der Waals surface area (Å²) in [5.41, 5.74) is 3.19. The number of aryl methyl sites for hydroxylation is 2. The summed E-state index contributed by atoms with van der Waals surface area (Å²) in [5.74, 6) is 0.471. The minimum atomic E-state index is -0.211. The fourth-order valence-corrected chi connectivity index (χ4v) is 3.04. The van der Waals surface area contributed by atoms with Crippen molar-refractivity contribution >= 4 is 32.6 Å². The van der Waals surface area contributed by atoms with Gasteiger partial charge in [0, 0.05) is 0 Å². The summed E-state index contributed by atoms with van der Waals surface area (Å²) in [4.78, 5) is 16.4. The van der Waals surface area contributed by atoms with Crippen LogP contribution < -0.4 is 10.1 Å². The maximum atomic E-state index is 11.9. The first-order valence-corrected chi connectivity index (χ1v) is 7.79. The van der Waals surface area contributed by atoms with Crippen LogP contribution in [0.15, 0.2) is 42.5 Å². The molecule has 112 valence electrons. The first-order chi connectivity index (χ1) is 10.6. The van der Waals surface area contributed by atoms with Gasteiger partial charge in [-0.15, -0.1) is 0 Å². The predicted octanol–water partition coefficient (Wildman–Crippen LogP) is 3.93. The van der Waals surface area contributed by atoms with Crippen LogP contribution in [-0.2, 0) is 4.79 Å². The highest BCUT2D eigenvalue weighted by molar-refractivity contribution is 7.22. The number of nitrogens with zero attached hydrogens (tertiary/aromatic N) is 1. The average molecular weight is 312 g/mol. The largest absolute Gasteiger partial charge is 0.484 e. The van der Waals surface area contributed by atoms with Gasteiger partial charge >= 0.3 is 0 Å². The van der Waals surface area contributed by atoms with E-state index in [0.29, 0.717) is 10.9 Å². The summed E-state index contributed by atoms with van der Waals surface area (Å²) in [5, 5.41) is 3.38. The molecular weight excluding hydrogens is 296 g/mol. The van der Waals surface area contributed by atoms with Crippen LogP contribution in [0.1, 0.15) is 11.1 Å². The van der Waals surface area contributed by atoms with Crippen LogP contribution >= 0.6 is 11.3 Å². The zero-order chi connectivity index (χ0) is 15.5. The number of carbonyl (C=O) groups is 1. The molecule has 1 amide bonds. The van der Waals surface area contributed by atoms with Crippen LogP contribution in [0, 0.1) is 13.8 Å². The van der Waals surface area contributed by atoms with Crippen molar-refractivity contribution in [2.45, 2.75) is 13.8 Å². The van der Waals surface area contributed by atoms with Gasteiger partial charge in [0.25, 0.3) is 5.91 Å². The number of rotatable bonds is 4. The molecule has 4 nitrogen and oxygen atoms in total. The van der Waals surface area contributed by atoms with Crippen molar-refractivity contribution in [2.24, 2.45) is 0 Å². The lowest BCUT2D eigenvalue weighted by Crippen LogP contribution is -2.19. The third kappa shape index (κ3) is 3.26. The molecule has 0 saturated heterocycles. The second-order valence-corrected chi connectivity index (χ2v) is 6.12. The van der Waals surface area contributed by atoms with Crippen LogP contribution in [-0.4, -0.2) is 17.5 Å². The van der Waals surface area contributed by atoms with E-state index < -0.39 is 0 Å². The molecule has 0 bridgehead atoms. The number of thiazole rings is 1. The van der Waals surface area contributed by atoms with Gasteiger partial charge in [-0.05, 0) is 37.6 Å². The minimum absolute atomic E-state index is 0.0298. The first-order valence-electron chi connectivity index (χ1n) is 6.97. The minimum Gasteiger partial charge on any atom is -0.484 e. The highest BCUT2D eigenvalue weighted by Crippen LogP contribution is 2.27. The lowest BCUT2D eigenvalue weighted by atomic mass is 10.2. The van der Waals surface area contributed by atoms with Gasteiger partial charge in [0.05, 0.1) is 10.2 Å². The van der Waals surface area contributed by atoms with E-state index >= 15 is 0 Å². The van der Waals surface area contributed by atoms with E-state index in [1.165, 1.54) is 11.3 Å². The Morgan fingerprint density at radius 2 is 1.95 bits per heavy atom. The van der Waals surface area contributed by atoms with Gasteiger partial charge in [-0.25, -0.2) is 4.98 Å². The van der Waals surface area contributed by atoms with E-state index in [-0.39, 0.29) is 12.5 Å². The maximum Gasteiger partial charge on any atom is 0.264 e. The molecular formula is C17H16N2O2S. The summed E-state index contributed by atoms with van der Waals surface area (Å²) >= 11 is 1.46. The lowest BCUT2D eigenvalue weighted by molar-refractivity contribution is -0.118. The molecule has 0 unspecified atom stereocenters. The quantitative estimate of drug-likeness (QED) is 0.794. The van der Waals surface area contributed by atoms with E-state index in [2.05, 4.69) is 10.3 Å². The Kier molecular flexibility index (Phi) is 4.06. The van der Waals surface area contributed by atoms with E-state index in [1.54, 1.807) is 0 Å². The van der Waals surface area contributed by atoms with Crippen molar-refractivity contribution in [3.63, 3.8) is 0 Å². The molecule has 0 fully saturated rings. The first kappa shape index (κ1) is 14.5. The molecule has 0 radical (unpaired) electrons. The Bertz CT molecular complexity index is 809. The van der Waals surface area contributed by atoms with Gasteiger partial charge in [-0.3, -0.25) is 10.1 Å². The van der Waals surface area contributed by atoms with Crippen molar-refractivity contribution < 1.29 is 9.53 Å². The SMILES string of the molecule is Cc1ccc(OCC(=O)Nc2nc3c(C)cccc3s2)cc1. The Morgan fingerprint density at radius 3 is 2.68 bits per heavy atom. The third-order valence-electron chi connectivity index (χ3n) is 3.26. The highest BCUT2D eigenvalue weighted by atomic mass is 32.1. The van der Waals surface area contributed by atoms with Crippen LogP contribution in [0.3, 0.4) is 0 Å². The van der Waals surface area contributed by atoms with Gasteiger partial charge < -0.3 is 4.74 Å². The fourth-order valence-electron chi connectivity index (χ4n) is 2.08. The number of aromatic nitrogens is 1. The number of para-hydroxylation sites is 1.